The summed E-state index contributed by atoms with van der Waals surface area (Å²) in [6.45, 7) is 1.97. The van der Waals surface area contributed by atoms with Gasteiger partial charge in [0.1, 0.15) is 5.82 Å². The second-order valence-electron chi connectivity index (χ2n) is 6.55. The monoisotopic (exact) mass is 323 g/mol. The van der Waals surface area contributed by atoms with Crippen molar-refractivity contribution in [1.29, 1.82) is 0 Å². The van der Waals surface area contributed by atoms with Gasteiger partial charge in [0.05, 0.1) is 11.6 Å². The Labute approximate surface area is 139 Å². The van der Waals surface area contributed by atoms with Crippen molar-refractivity contribution >= 4 is 11.7 Å². The van der Waals surface area contributed by atoms with Gasteiger partial charge in [0.2, 0.25) is 0 Å². The third-order valence-corrected chi connectivity index (χ3v) is 5.17. The number of benzene rings is 2. The van der Waals surface area contributed by atoms with Crippen LogP contribution in [0.3, 0.4) is 0 Å². The van der Waals surface area contributed by atoms with Crippen LogP contribution in [0.5, 0.6) is 0 Å². The van der Waals surface area contributed by atoms with Crippen LogP contribution in [0.25, 0.3) is 0 Å². The molecule has 0 amide bonds. The van der Waals surface area contributed by atoms with Crippen molar-refractivity contribution in [2.75, 3.05) is 5.32 Å². The minimum atomic E-state index is -0.906. The Hall–Kier alpha value is -2.62. The fourth-order valence-corrected chi connectivity index (χ4v) is 4.07. The fourth-order valence-electron chi connectivity index (χ4n) is 4.07. The molecule has 2 aromatic rings. The molecule has 1 aliphatic heterocycles. The SMILES string of the molecule is Cc1ccc(C(=O)O)c2c1N[C@H](c1cccc(F)c1)[C@H]1CC=C[C@@H]21. The maximum absolute atomic E-state index is 13.7. The molecule has 2 aliphatic rings. The lowest BCUT2D eigenvalue weighted by molar-refractivity contribution is 0.0695. The van der Waals surface area contributed by atoms with Gasteiger partial charge < -0.3 is 10.4 Å². The van der Waals surface area contributed by atoms with Crippen molar-refractivity contribution in [1.82, 2.24) is 0 Å². The molecule has 0 saturated heterocycles. The Morgan fingerprint density at radius 1 is 1.29 bits per heavy atom. The first-order chi connectivity index (χ1) is 11.6. The van der Waals surface area contributed by atoms with E-state index < -0.39 is 5.97 Å². The van der Waals surface area contributed by atoms with E-state index in [4.69, 9.17) is 0 Å². The highest BCUT2D eigenvalue weighted by Crippen LogP contribution is 2.51. The van der Waals surface area contributed by atoms with Crippen molar-refractivity contribution in [2.24, 2.45) is 5.92 Å². The van der Waals surface area contributed by atoms with E-state index in [1.54, 1.807) is 18.2 Å². The number of fused-ring (bicyclic) bond motifs is 3. The van der Waals surface area contributed by atoms with E-state index >= 15 is 0 Å². The van der Waals surface area contributed by atoms with E-state index in [0.717, 1.165) is 28.8 Å². The zero-order chi connectivity index (χ0) is 16.8. The van der Waals surface area contributed by atoms with Crippen molar-refractivity contribution in [2.45, 2.75) is 25.3 Å². The third kappa shape index (κ3) is 2.21. The number of hydrogen-bond donors (Lipinski definition) is 2. The number of carbonyl (C=O) groups is 1. The van der Waals surface area contributed by atoms with Gasteiger partial charge in [-0.05, 0) is 54.2 Å². The summed E-state index contributed by atoms with van der Waals surface area (Å²) in [6.07, 6.45) is 5.06. The molecule has 122 valence electrons. The molecule has 2 aromatic carbocycles. The lowest BCUT2D eigenvalue weighted by Crippen LogP contribution is -2.31. The van der Waals surface area contributed by atoms with E-state index in [1.165, 1.54) is 6.07 Å². The molecule has 1 heterocycles. The van der Waals surface area contributed by atoms with Gasteiger partial charge >= 0.3 is 5.97 Å². The van der Waals surface area contributed by atoms with Gasteiger partial charge in [-0.15, -0.1) is 0 Å². The normalized spacial score (nSPS) is 24.2. The summed E-state index contributed by atoms with van der Waals surface area (Å²) < 4.78 is 13.7. The molecule has 0 fully saturated rings. The molecule has 0 unspecified atom stereocenters. The minimum absolute atomic E-state index is 0.0315. The Kier molecular flexibility index (Phi) is 3.41. The predicted molar refractivity (Wildman–Crippen MR) is 90.9 cm³/mol. The number of aryl methyl sites for hydroxylation is 1. The van der Waals surface area contributed by atoms with Gasteiger partial charge in [-0.1, -0.05) is 30.4 Å². The van der Waals surface area contributed by atoms with E-state index in [9.17, 15) is 14.3 Å². The van der Waals surface area contributed by atoms with Crippen molar-refractivity contribution in [3.05, 3.63) is 76.6 Å². The van der Waals surface area contributed by atoms with Gasteiger partial charge in [-0.25, -0.2) is 9.18 Å². The highest BCUT2D eigenvalue weighted by Gasteiger charge is 2.40. The largest absolute Gasteiger partial charge is 0.478 e. The molecule has 0 radical (unpaired) electrons. The van der Waals surface area contributed by atoms with Gasteiger partial charge in [0.15, 0.2) is 0 Å². The first kappa shape index (κ1) is 14.9. The molecule has 0 spiro atoms. The van der Waals surface area contributed by atoms with E-state index in [-0.39, 0.29) is 23.7 Å². The lowest BCUT2D eigenvalue weighted by Gasteiger charge is -2.39. The molecule has 0 aromatic heterocycles. The summed E-state index contributed by atoms with van der Waals surface area (Å²) in [6, 6.07) is 10.1. The van der Waals surface area contributed by atoms with Gasteiger partial charge in [-0.3, -0.25) is 0 Å². The van der Waals surface area contributed by atoms with Gasteiger partial charge in [0, 0.05) is 11.6 Å². The number of rotatable bonds is 2. The molecule has 0 bridgehead atoms. The smallest absolute Gasteiger partial charge is 0.336 e. The standard InChI is InChI=1S/C20H18FNO2/c1-11-8-9-16(20(23)24)17-14-6-3-7-15(14)19(22-18(11)17)12-4-2-5-13(21)10-12/h2-6,8-10,14-15,19,22H,7H2,1H3,(H,23,24)/t14-,15+,19-/m1/s1. The number of hydrogen-bond acceptors (Lipinski definition) is 2. The molecule has 3 nitrogen and oxygen atoms in total. The summed E-state index contributed by atoms with van der Waals surface area (Å²) >= 11 is 0. The lowest BCUT2D eigenvalue weighted by atomic mass is 9.75. The Morgan fingerprint density at radius 2 is 2.12 bits per heavy atom. The maximum atomic E-state index is 13.7. The number of carboxylic acid groups (broad SMARTS) is 1. The molecule has 0 saturated carbocycles. The number of allylic oxidation sites excluding steroid dienone is 2. The van der Waals surface area contributed by atoms with Crippen LogP contribution in [0.1, 0.15) is 45.4 Å². The zero-order valence-corrected chi connectivity index (χ0v) is 13.3. The Bertz CT molecular complexity index is 859. The van der Waals surface area contributed by atoms with Crippen molar-refractivity contribution in [3.63, 3.8) is 0 Å². The quantitative estimate of drug-likeness (QED) is 0.790. The molecule has 4 heteroatoms. The molecule has 2 N–H and O–H groups in total. The number of nitrogens with one attached hydrogen (secondary N) is 1. The first-order valence-electron chi connectivity index (χ1n) is 8.11. The van der Waals surface area contributed by atoms with Crippen LogP contribution in [0, 0.1) is 18.7 Å². The van der Waals surface area contributed by atoms with Crippen molar-refractivity contribution in [3.8, 4) is 0 Å². The molecular formula is C20H18FNO2. The first-order valence-corrected chi connectivity index (χ1v) is 8.11. The summed E-state index contributed by atoms with van der Waals surface area (Å²) in [7, 11) is 0. The predicted octanol–water partition coefficient (Wildman–Crippen LogP) is 4.66. The van der Waals surface area contributed by atoms with Crippen LogP contribution in [-0.2, 0) is 0 Å². The molecular weight excluding hydrogens is 305 g/mol. The number of halogens is 1. The maximum Gasteiger partial charge on any atom is 0.336 e. The summed E-state index contributed by atoms with van der Waals surface area (Å²) in [5.74, 6) is -0.922. The zero-order valence-electron chi connectivity index (χ0n) is 13.3. The van der Waals surface area contributed by atoms with E-state index in [2.05, 4.69) is 17.5 Å². The van der Waals surface area contributed by atoms with Crippen LogP contribution >= 0.6 is 0 Å². The van der Waals surface area contributed by atoms with Crippen LogP contribution < -0.4 is 5.32 Å². The van der Waals surface area contributed by atoms with Gasteiger partial charge in [0.25, 0.3) is 0 Å². The van der Waals surface area contributed by atoms with Crippen LogP contribution in [0.15, 0.2) is 48.6 Å². The Balaban J connectivity index is 1.88. The molecule has 24 heavy (non-hydrogen) atoms. The van der Waals surface area contributed by atoms with Gasteiger partial charge in [-0.2, -0.15) is 0 Å². The van der Waals surface area contributed by atoms with E-state index in [0.29, 0.717) is 5.56 Å². The summed E-state index contributed by atoms with van der Waals surface area (Å²) in [5, 5.41) is 13.1. The minimum Gasteiger partial charge on any atom is -0.478 e. The summed E-state index contributed by atoms with van der Waals surface area (Å²) in [4.78, 5) is 11.7. The van der Waals surface area contributed by atoms with Crippen LogP contribution in [0.4, 0.5) is 10.1 Å². The molecule has 3 atom stereocenters. The third-order valence-electron chi connectivity index (χ3n) is 5.17. The highest BCUT2D eigenvalue weighted by atomic mass is 19.1. The van der Waals surface area contributed by atoms with Crippen molar-refractivity contribution < 1.29 is 14.3 Å². The average molecular weight is 323 g/mol. The van der Waals surface area contributed by atoms with Crippen LogP contribution in [-0.4, -0.2) is 11.1 Å². The highest BCUT2D eigenvalue weighted by molar-refractivity contribution is 5.93. The van der Waals surface area contributed by atoms with Crippen LogP contribution in [0.2, 0.25) is 0 Å². The second-order valence-corrected chi connectivity index (χ2v) is 6.55. The number of aromatic carboxylic acids is 1. The number of carboxylic acids is 1. The average Bonchev–Trinajstić information content (AvgIpc) is 3.04. The fraction of sp³-hybridized carbons (Fsp3) is 0.250. The second kappa shape index (κ2) is 5.48. The Morgan fingerprint density at radius 3 is 2.88 bits per heavy atom. The topological polar surface area (TPSA) is 49.3 Å². The molecule has 4 rings (SSSR count). The van der Waals surface area contributed by atoms with E-state index in [1.807, 2.05) is 19.1 Å². The number of anilines is 1. The summed E-state index contributed by atoms with van der Waals surface area (Å²) in [5.41, 5.74) is 3.99. The molecule has 1 aliphatic carbocycles.